The Balaban J connectivity index is 0.00000400. The first-order valence-electron chi connectivity index (χ1n) is 12.0. The van der Waals surface area contributed by atoms with Crippen LogP contribution in [0.4, 0.5) is 11.4 Å². The van der Waals surface area contributed by atoms with Crippen LogP contribution in [0.15, 0.2) is 91.3 Å². The van der Waals surface area contributed by atoms with E-state index in [4.69, 9.17) is 0 Å². The van der Waals surface area contributed by atoms with E-state index in [0.29, 0.717) is 24.6 Å². The molecule has 0 aliphatic carbocycles. The number of nitro groups is 1. The average Bonchev–Trinajstić information content (AvgIpc) is 3.34. The SMILES string of the molecule is Cl.O=C(Cc1nccn1Cc1ccc([N+](=O)[O-])cc1)Nc1ccc(CCNC[C@H](O)c2ccccc2)cc1. The summed E-state index contributed by atoms with van der Waals surface area (Å²) < 4.78 is 1.85. The quantitative estimate of drug-likeness (QED) is 0.141. The molecule has 3 aromatic carbocycles. The van der Waals surface area contributed by atoms with Crippen molar-refractivity contribution in [1.29, 1.82) is 0 Å². The topological polar surface area (TPSA) is 122 Å². The molecule has 1 amide bonds. The van der Waals surface area contributed by atoms with Crippen molar-refractivity contribution in [1.82, 2.24) is 14.9 Å². The number of anilines is 1. The van der Waals surface area contributed by atoms with Crippen LogP contribution in [-0.2, 0) is 24.2 Å². The zero-order valence-electron chi connectivity index (χ0n) is 20.7. The van der Waals surface area contributed by atoms with Crippen molar-refractivity contribution in [2.45, 2.75) is 25.5 Å². The Kier molecular flexibility index (Phi) is 10.5. The van der Waals surface area contributed by atoms with Crippen molar-refractivity contribution in [3.63, 3.8) is 0 Å². The van der Waals surface area contributed by atoms with Gasteiger partial charge in [0.2, 0.25) is 5.91 Å². The third kappa shape index (κ3) is 8.24. The van der Waals surface area contributed by atoms with Crippen LogP contribution in [0.3, 0.4) is 0 Å². The van der Waals surface area contributed by atoms with E-state index in [0.717, 1.165) is 29.7 Å². The summed E-state index contributed by atoms with van der Waals surface area (Å²) in [5.41, 5.74) is 3.64. The minimum Gasteiger partial charge on any atom is -0.387 e. The van der Waals surface area contributed by atoms with Crippen molar-refractivity contribution in [3.05, 3.63) is 124 Å². The summed E-state index contributed by atoms with van der Waals surface area (Å²) in [7, 11) is 0. The first kappa shape index (κ1) is 28.5. The van der Waals surface area contributed by atoms with Gasteiger partial charge in [0.25, 0.3) is 5.69 Å². The van der Waals surface area contributed by atoms with Crippen LogP contribution in [0, 0.1) is 10.1 Å². The summed E-state index contributed by atoms with van der Waals surface area (Å²) in [5, 5.41) is 27.2. The highest BCUT2D eigenvalue weighted by atomic mass is 35.5. The number of carbonyl (C=O) groups excluding carboxylic acids is 1. The van der Waals surface area contributed by atoms with E-state index in [2.05, 4.69) is 15.6 Å². The van der Waals surface area contributed by atoms with E-state index in [1.54, 1.807) is 24.5 Å². The minimum atomic E-state index is -0.538. The van der Waals surface area contributed by atoms with Crippen molar-refractivity contribution >= 4 is 29.7 Å². The van der Waals surface area contributed by atoms with Crippen LogP contribution in [0.5, 0.6) is 0 Å². The smallest absolute Gasteiger partial charge is 0.269 e. The number of aliphatic hydroxyl groups excluding tert-OH is 1. The number of aromatic nitrogens is 2. The fraction of sp³-hybridized carbons (Fsp3) is 0.214. The predicted molar refractivity (Wildman–Crippen MR) is 148 cm³/mol. The standard InChI is InChI=1S/C28H29N5O4.ClH/c34-26(23-4-2-1-3-5-23)19-29-15-14-21-6-10-24(11-7-21)31-28(35)18-27-30-16-17-32(27)20-22-8-12-25(13-9-22)33(36)37;/h1-13,16-17,26,29,34H,14-15,18-20H2,(H,31,35);1H/t26-;/m0./s1. The number of nitro benzene ring substituents is 1. The molecular formula is C28H30ClN5O4. The molecule has 0 aliphatic rings. The van der Waals surface area contributed by atoms with Crippen molar-refractivity contribution in [2.24, 2.45) is 0 Å². The van der Waals surface area contributed by atoms with Gasteiger partial charge in [0, 0.05) is 43.3 Å². The highest BCUT2D eigenvalue weighted by Gasteiger charge is 2.11. The van der Waals surface area contributed by atoms with Crippen LogP contribution in [-0.4, -0.2) is 38.6 Å². The molecule has 38 heavy (non-hydrogen) atoms. The van der Waals surface area contributed by atoms with Gasteiger partial charge in [-0.15, -0.1) is 12.4 Å². The number of hydrogen-bond donors (Lipinski definition) is 3. The van der Waals surface area contributed by atoms with E-state index in [-0.39, 0.29) is 30.4 Å². The summed E-state index contributed by atoms with van der Waals surface area (Å²) in [6.45, 7) is 1.68. The zero-order valence-corrected chi connectivity index (χ0v) is 21.5. The monoisotopic (exact) mass is 535 g/mol. The molecule has 3 N–H and O–H groups in total. The number of amides is 1. The van der Waals surface area contributed by atoms with Crippen LogP contribution in [0.1, 0.15) is 28.6 Å². The molecule has 0 fully saturated rings. The Bertz CT molecular complexity index is 1310. The Morgan fingerprint density at radius 1 is 1.00 bits per heavy atom. The van der Waals surface area contributed by atoms with Crippen molar-refractivity contribution < 1.29 is 14.8 Å². The first-order valence-corrected chi connectivity index (χ1v) is 12.0. The van der Waals surface area contributed by atoms with Crippen molar-refractivity contribution in [3.8, 4) is 0 Å². The molecule has 1 atom stereocenters. The van der Waals surface area contributed by atoms with E-state index in [9.17, 15) is 20.0 Å². The number of halogens is 1. The Hall–Kier alpha value is -4.05. The summed E-state index contributed by atoms with van der Waals surface area (Å²) in [4.78, 5) is 27.3. The van der Waals surface area contributed by atoms with Gasteiger partial charge in [0.05, 0.1) is 17.4 Å². The van der Waals surface area contributed by atoms with Gasteiger partial charge in [-0.25, -0.2) is 4.98 Å². The molecule has 0 radical (unpaired) electrons. The summed E-state index contributed by atoms with van der Waals surface area (Å²) >= 11 is 0. The summed E-state index contributed by atoms with van der Waals surface area (Å²) in [5.74, 6) is 0.428. The summed E-state index contributed by atoms with van der Waals surface area (Å²) in [6.07, 6.45) is 3.79. The zero-order chi connectivity index (χ0) is 26.0. The number of carbonyl (C=O) groups is 1. The lowest BCUT2D eigenvalue weighted by Gasteiger charge is -2.12. The maximum atomic E-state index is 12.6. The third-order valence-corrected chi connectivity index (χ3v) is 5.97. The molecule has 9 nitrogen and oxygen atoms in total. The van der Waals surface area contributed by atoms with Gasteiger partial charge in [-0.05, 0) is 41.8 Å². The number of rotatable bonds is 12. The Morgan fingerprint density at radius 3 is 2.37 bits per heavy atom. The van der Waals surface area contributed by atoms with E-state index >= 15 is 0 Å². The molecular weight excluding hydrogens is 506 g/mol. The second-order valence-corrected chi connectivity index (χ2v) is 8.70. The molecule has 0 saturated heterocycles. The predicted octanol–water partition coefficient (Wildman–Crippen LogP) is 4.31. The lowest BCUT2D eigenvalue weighted by molar-refractivity contribution is -0.384. The van der Waals surface area contributed by atoms with Gasteiger partial charge >= 0.3 is 0 Å². The molecule has 1 aromatic heterocycles. The van der Waals surface area contributed by atoms with Gasteiger partial charge in [0.15, 0.2) is 0 Å². The molecule has 0 spiro atoms. The molecule has 0 saturated carbocycles. The third-order valence-electron chi connectivity index (χ3n) is 5.97. The average molecular weight is 536 g/mol. The molecule has 0 unspecified atom stereocenters. The van der Waals surface area contributed by atoms with E-state index in [1.165, 1.54) is 12.1 Å². The maximum absolute atomic E-state index is 12.6. The van der Waals surface area contributed by atoms with Crippen LogP contribution in [0.25, 0.3) is 0 Å². The molecule has 10 heteroatoms. The van der Waals surface area contributed by atoms with Gasteiger partial charge in [-0.3, -0.25) is 14.9 Å². The first-order chi connectivity index (χ1) is 18.0. The van der Waals surface area contributed by atoms with Crippen LogP contribution in [0.2, 0.25) is 0 Å². The highest BCUT2D eigenvalue weighted by Crippen LogP contribution is 2.15. The fourth-order valence-corrected chi connectivity index (χ4v) is 3.94. The minimum absolute atomic E-state index is 0. The molecule has 4 aromatic rings. The lowest BCUT2D eigenvalue weighted by Crippen LogP contribution is -2.23. The number of nitrogens with zero attached hydrogens (tertiary/aromatic N) is 3. The second-order valence-electron chi connectivity index (χ2n) is 8.70. The number of aliphatic hydroxyl groups is 1. The van der Waals surface area contributed by atoms with Gasteiger partial charge in [-0.2, -0.15) is 0 Å². The molecule has 198 valence electrons. The number of hydrogen-bond acceptors (Lipinski definition) is 6. The normalized spacial score (nSPS) is 11.4. The molecule has 0 aliphatic heterocycles. The van der Waals surface area contributed by atoms with Crippen LogP contribution < -0.4 is 10.6 Å². The maximum Gasteiger partial charge on any atom is 0.269 e. The number of nitrogens with one attached hydrogen (secondary N) is 2. The van der Waals surface area contributed by atoms with E-state index < -0.39 is 11.0 Å². The Morgan fingerprint density at radius 2 is 1.68 bits per heavy atom. The Labute approximate surface area is 227 Å². The fourth-order valence-electron chi connectivity index (χ4n) is 3.94. The molecule has 0 bridgehead atoms. The number of benzene rings is 3. The van der Waals surface area contributed by atoms with Gasteiger partial charge in [-0.1, -0.05) is 54.6 Å². The van der Waals surface area contributed by atoms with Gasteiger partial charge in [0.1, 0.15) is 5.82 Å². The number of imidazole rings is 1. The van der Waals surface area contributed by atoms with E-state index in [1.807, 2.05) is 59.2 Å². The second kappa shape index (κ2) is 14.0. The lowest BCUT2D eigenvalue weighted by atomic mass is 10.1. The number of non-ortho nitro benzene ring substituents is 1. The largest absolute Gasteiger partial charge is 0.387 e. The highest BCUT2D eigenvalue weighted by molar-refractivity contribution is 5.91. The van der Waals surface area contributed by atoms with Crippen LogP contribution >= 0.6 is 12.4 Å². The molecule has 4 rings (SSSR count). The summed E-state index contributed by atoms with van der Waals surface area (Å²) in [6, 6.07) is 23.6. The van der Waals surface area contributed by atoms with Gasteiger partial charge < -0.3 is 20.3 Å². The molecule has 1 heterocycles. The van der Waals surface area contributed by atoms with Crippen molar-refractivity contribution in [2.75, 3.05) is 18.4 Å².